The highest BCUT2D eigenvalue weighted by Crippen LogP contribution is 2.18. The fourth-order valence-corrected chi connectivity index (χ4v) is 1.86. The number of rotatable bonds is 2. The number of hydrogen-bond donors (Lipinski definition) is 0. The Morgan fingerprint density at radius 3 is 2.64 bits per heavy atom. The fourth-order valence-electron chi connectivity index (χ4n) is 1.44. The molecule has 0 fully saturated rings. The van der Waals surface area contributed by atoms with Crippen molar-refractivity contribution in [3.63, 3.8) is 0 Å². The Kier molecular flexibility index (Phi) is 2.72. The zero-order valence-electron chi connectivity index (χ0n) is 8.40. The molecule has 4 heteroatoms. The lowest BCUT2D eigenvalue weighted by Gasteiger charge is -2.16. The van der Waals surface area contributed by atoms with E-state index in [1.807, 2.05) is 19.2 Å². The number of hydrogen-bond acceptors (Lipinski definition) is 4. The zero-order chi connectivity index (χ0) is 9.97. The van der Waals surface area contributed by atoms with Crippen LogP contribution in [0, 0.1) is 6.92 Å². The molecule has 0 aromatic carbocycles. The largest absolute Gasteiger partial charge is 0.349 e. The molecule has 0 radical (unpaired) electrons. The van der Waals surface area contributed by atoms with Gasteiger partial charge in [0.25, 0.3) is 0 Å². The number of aromatic nitrogens is 2. The van der Waals surface area contributed by atoms with Gasteiger partial charge in [0, 0.05) is 24.8 Å². The third-order valence-corrected chi connectivity index (χ3v) is 2.69. The van der Waals surface area contributed by atoms with E-state index in [4.69, 9.17) is 0 Å². The average Bonchev–Trinajstić information content (AvgIpc) is 2.69. The molecule has 3 nitrogen and oxygen atoms in total. The summed E-state index contributed by atoms with van der Waals surface area (Å²) in [5.41, 5.74) is 1.03. The molecule has 0 atom stereocenters. The topological polar surface area (TPSA) is 29.0 Å². The minimum atomic E-state index is 0.854. The monoisotopic (exact) mass is 207 g/mol. The molecule has 0 aliphatic carbocycles. The number of aryl methyl sites for hydroxylation is 1. The van der Waals surface area contributed by atoms with Gasteiger partial charge in [0.1, 0.15) is 5.82 Å². The van der Waals surface area contributed by atoms with Crippen molar-refractivity contribution in [2.75, 3.05) is 24.2 Å². The summed E-state index contributed by atoms with van der Waals surface area (Å²) in [6, 6.07) is 2.03. The van der Waals surface area contributed by atoms with Crippen LogP contribution in [0.15, 0.2) is 23.4 Å². The smallest absolute Gasteiger partial charge is 0.189 e. The molecular weight excluding hydrogens is 194 g/mol. The van der Waals surface area contributed by atoms with Crippen LogP contribution in [0.2, 0.25) is 0 Å². The molecule has 0 N–H and O–H groups in total. The van der Waals surface area contributed by atoms with Crippen molar-refractivity contribution in [1.82, 2.24) is 9.97 Å². The van der Waals surface area contributed by atoms with E-state index in [9.17, 15) is 0 Å². The first kappa shape index (κ1) is 9.52. The molecule has 0 unspecified atom stereocenters. The molecule has 1 aliphatic heterocycles. The van der Waals surface area contributed by atoms with E-state index < -0.39 is 0 Å². The summed E-state index contributed by atoms with van der Waals surface area (Å²) >= 11 is 1.59. The Bertz CT molecular complexity index is 354. The van der Waals surface area contributed by atoms with E-state index in [0.29, 0.717) is 0 Å². The summed E-state index contributed by atoms with van der Waals surface area (Å²) in [6.45, 7) is 3.93. The maximum Gasteiger partial charge on any atom is 0.189 e. The Labute approximate surface area is 88.2 Å². The number of thioether (sulfide) groups is 1. The summed E-state index contributed by atoms with van der Waals surface area (Å²) in [5, 5.41) is 0.854. The second kappa shape index (κ2) is 4.00. The van der Waals surface area contributed by atoms with Crippen LogP contribution in [0.3, 0.4) is 0 Å². The second-order valence-electron chi connectivity index (χ2n) is 3.23. The Morgan fingerprint density at radius 1 is 1.29 bits per heavy atom. The Balaban J connectivity index is 2.28. The van der Waals surface area contributed by atoms with Crippen molar-refractivity contribution < 1.29 is 0 Å². The van der Waals surface area contributed by atoms with Gasteiger partial charge in [-0.2, -0.15) is 0 Å². The highest BCUT2D eigenvalue weighted by atomic mass is 32.2. The van der Waals surface area contributed by atoms with Gasteiger partial charge in [-0.3, -0.25) is 0 Å². The van der Waals surface area contributed by atoms with Crippen molar-refractivity contribution in [1.29, 1.82) is 0 Å². The predicted molar refractivity (Wildman–Crippen MR) is 59.9 cm³/mol. The van der Waals surface area contributed by atoms with Crippen LogP contribution in [0.25, 0.3) is 0 Å². The zero-order valence-corrected chi connectivity index (χ0v) is 9.21. The fraction of sp³-hybridized carbons (Fsp3) is 0.400. The first-order valence-electron chi connectivity index (χ1n) is 4.59. The van der Waals surface area contributed by atoms with E-state index in [0.717, 1.165) is 29.8 Å². The van der Waals surface area contributed by atoms with Gasteiger partial charge in [-0.25, -0.2) is 9.97 Å². The molecule has 2 heterocycles. The number of anilines is 1. The van der Waals surface area contributed by atoms with Gasteiger partial charge in [0.05, 0.1) is 0 Å². The van der Waals surface area contributed by atoms with E-state index in [1.54, 1.807) is 11.8 Å². The van der Waals surface area contributed by atoms with Crippen LogP contribution >= 0.6 is 11.8 Å². The molecule has 0 amide bonds. The van der Waals surface area contributed by atoms with E-state index in [1.165, 1.54) is 0 Å². The summed E-state index contributed by atoms with van der Waals surface area (Å²) < 4.78 is 0. The molecular formula is C10H13N3S. The summed E-state index contributed by atoms with van der Waals surface area (Å²) in [6.07, 6.45) is 6.33. The van der Waals surface area contributed by atoms with E-state index in [2.05, 4.69) is 27.0 Å². The van der Waals surface area contributed by atoms with Crippen molar-refractivity contribution in [2.24, 2.45) is 0 Å². The minimum absolute atomic E-state index is 0.854. The molecule has 14 heavy (non-hydrogen) atoms. The maximum absolute atomic E-state index is 4.47. The van der Waals surface area contributed by atoms with Gasteiger partial charge in [-0.1, -0.05) is 23.9 Å². The van der Waals surface area contributed by atoms with Crippen molar-refractivity contribution in [3.05, 3.63) is 23.9 Å². The van der Waals surface area contributed by atoms with Crippen molar-refractivity contribution >= 4 is 17.6 Å². The van der Waals surface area contributed by atoms with Gasteiger partial charge < -0.3 is 4.90 Å². The Morgan fingerprint density at radius 2 is 2.00 bits per heavy atom. The third kappa shape index (κ3) is 1.90. The lowest BCUT2D eigenvalue weighted by Crippen LogP contribution is -2.20. The van der Waals surface area contributed by atoms with Crippen LogP contribution in [-0.2, 0) is 0 Å². The first-order valence-corrected chi connectivity index (χ1v) is 5.81. The second-order valence-corrected chi connectivity index (χ2v) is 4.00. The van der Waals surface area contributed by atoms with E-state index in [-0.39, 0.29) is 0 Å². The van der Waals surface area contributed by atoms with Gasteiger partial charge in [0.15, 0.2) is 5.16 Å². The molecule has 0 bridgehead atoms. The molecule has 74 valence electrons. The lowest BCUT2D eigenvalue weighted by atomic mass is 10.4. The minimum Gasteiger partial charge on any atom is -0.349 e. The van der Waals surface area contributed by atoms with Gasteiger partial charge in [-0.15, -0.1) is 0 Å². The van der Waals surface area contributed by atoms with Gasteiger partial charge in [-0.05, 0) is 13.2 Å². The average molecular weight is 207 g/mol. The SMILES string of the molecule is CSc1nc(C)cc(N2CC=CC2)n1. The predicted octanol–water partition coefficient (Wildman–Crippen LogP) is 1.88. The first-order chi connectivity index (χ1) is 6.79. The van der Waals surface area contributed by atoms with Crippen molar-refractivity contribution in [2.45, 2.75) is 12.1 Å². The normalized spacial score (nSPS) is 15.1. The molecule has 1 aliphatic rings. The maximum atomic E-state index is 4.47. The molecule has 1 aromatic rings. The van der Waals surface area contributed by atoms with Crippen LogP contribution in [0.5, 0.6) is 0 Å². The molecule has 2 rings (SSSR count). The summed E-state index contributed by atoms with van der Waals surface area (Å²) in [5.74, 6) is 1.03. The van der Waals surface area contributed by atoms with Gasteiger partial charge >= 0.3 is 0 Å². The van der Waals surface area contributed by atoms with Crippen LogP contribution in [0.4, 0.5) is 5.82 Å². The Hall–Kier alpha value is -1.03. The van der Waals surface area contributed by atoms with Crippen LogP contribution in [-0.4, -0.2) is 29.3 Å². The highest BCUT2D eigenvalue weighted by Gasteiger charge is 2.10. The molecule has 1 aromatic heterocycles. The quantitative estimate of drug-likeness (QED) is 0.420. The van der Waals surface area contributed by atoms with Crippen molar-refractivity contribution in [3.8, 4) is 0 Å². The molecule has 0 saturated heterocycles. The summed E-state index contributed by atoms with van der Waals surface area (Å²) in [4.78, 5) is 11.0. The van der Waals surface area contributed by atoms with Gasteiger partial charge in [0.2, 0.25) is 0 Å². The third-order valence-electron chi connectivity index (χ3n) is 2.15. The summed E-state index contributed by atoms with van der Waals surface area (Å²) in [7, 11) is 0. The highest BCUT2D eigenvalue weighted by molar-refractivity contribution is 7.98. The van der Waals surface area contributed by atoms with Crippen LogP contribution in [0.1, 0.15) is 5.69 Å². The number of nitrogens with zero attached hydrogens (tertiary/aromatic N) is 3. The standard InChI is InChI=1S/C10H13N3S/c1-8-7-9(12-10(11-8)14-2)13-5-3-4-6-13/h3-4,7H,5-6H2,1-2H3. The lowest BCUT2D eigenvalue weighted by molar-refractivity contribution is 0.877. The van der Waals surface area contributed by atoms with Crippen LogP contribution < -0.4 is 4.90 Å². The molecule has 0 saturated carbocycles. The molecule has 0 spiro atoms. The van der Waals surface area contributed by atoms with E-state index >= 15 is 0 Å².